The Morgan fingerprint density at radius 1 is 1.48 bits per heavy atom. The molecular weight excluding hydrogens is 272 g/mol. The van der Waals surface area contributed by atoms with Gasteiger partial charge in [-0.3, -0.25) is 0 Å². The predicted octanol–water partition coefficient (Wildman–Crippen LogP) is 1.50. The molecule has 114 valence electrons. The highest BCUT2D eigenvalue weighted by Crippen LogP contribution is 2.17. The quantitative estimate of drug-likeness (QED) is 0.862. The van der Waals surface area contributed by atoms with Crippen molar-refractivity contribution in [3.05, 3.63) is 29.8 Å². The number of carbonyl (C=O) groups is 2. The van der Waals surface area contributed by atoms with E-state index in [0.29, 0.717) is 25.9 Å². The van der Waals surface area contributed by atoms with Gasteiger partial charge >= 0.3 is 12.0 Å². The van der Waals surface area contributed by atoms with E-state index < -0.39 is 12.0 Å². The zero-order valence-electron chi connectivity index (χ0n) is 12.0. The summed E-state index contributed by atoms with van der Waals surface area (Å²) in [7, 11) is 1.61. The molecule has 0 bridgehead atoms. The lowest BCUT2D eigenvalue weighted by molar-refractivity contribution is -0.141. The molecule has 1 aliphatic heterocycles. The van der Waals surface area contributed by atoms with E-state index in [1.165, 1.54) is 4.90 Å². The van der Waals surface area contributed by atoms with Crippen LogP contribution >= 0.6 is 0 Å². The summed E-state index contributed by atoms with van der Waals surface area (Å²) in [6.07, 6.45) is 1.94. The maximum absolute atomic E-state index is 12.0. The van der Waals surface area contributed by atoms with E-state index >= 15 is 0 Å². The average Bonchev–Trinajstić information content (AvgIpc) is 2.97. The molecule has 1 atom stereocenters. The van der Waals surface area contributed by atoms with Crippen molar-refractivity contribution < 1.29 is 19.4 Å². The van der Waals surface area contributed by atoms with Gasteiger partial charge in [0, 0.05) is 13.1 Å². The molecule has 1 aromatic carbocycles. The van der Waals surface area contributed by atoms with Gasteiger partial charge in [-0.1, -0.05) is 12.1 Å². The number of nitrogens with one attached hydrogen (secondary N) is 1. The fourth-order valence-electron chi connectivity index (χ4n) is 2.51. The highest BCUT2D eigenvalue weighted by Gasteiger charge is 2.33. The summed E-state index contributed by atoms with van der Waals surface area (Å²) in [5, 5.41) is 11.8. The van der Waals surface area contributed by atoms with Crippen LogP contribution in [0.3, 0.4) is 0 Å². The van der Waals surface area contributed by atoms with Crippen molar-refractivity contribution in [2.24, 2.45) is 0 Å². The number of hydrogen-bond acceptors (Lipinski definition) is 3. The number of carbonyl (C=O) groups excluding carboxylic acids is 1. The third-order valence-electron chi connectivity index (χ3n) is 3.62. The summed E-state index contributed by atoms with van der Waals surface area (Å²) in [5.74, 6) is -0.153. The first-order valence-corrected chi connectivity index (χ1v) is 7.02. The Hall–Kier alpha value is -2.24. The second-order valence-electron chi connectivity index (χ2n) is 5.02. The minimum Gasteiger partial charge on any atom is -0.497 e. The molecule has 0 spiro atoms. The van der Waals surface area contributed by atoms with Crippen molar-refractivity contribution in [2.75, 3.05) is 20.2 Å². The van der Waals surface area contributed by atoms with Crippen molar-refractivity contribution in [1.82, 2.24) is 10.2 Å². The van der Waals surface area contributed by atoms with Crippen molar-refractivity contribution in [3.8, 4) is 5.75 Å². The van der Waals surface area contributed by atoms with Gasteiger partial charge in [0.25, 0.3) is 0 Å². The Morgan fingerprint density at radius 2 is 2.29 bits per heavy atom. The van der Waals surface area contributed by atoms with Crippen LogP contribution in [0.25, 0.3) is 0 Å². The number of likely N-dealkylation sites (tertiary alicyclic amines) is 1. The minimum atomic E-state index is -0.935. The number of carboxylic acid groups (broad SMARTS) is 1. The molecule has 2 N–H and O–H groups in total. The number of nitrogens with zero attached hydrogens (tertiary/aromatic N) is 1. The van der Waals surface area contributed by atoms with Crippen LogP contribution in [0.15, 0.2) is 24.3 Å². The number of hydrogen-bond donors (Lipinski definition) is 2. The summed E-state index contributed by atoms with van der Waals surface area (Å²) in [5.41, 5.74) is 1.06. The Kier molecular flexibility index (Phi) is 5.03. The van der Waals surface area contributed by atoms with Crippen molar-refractivity contribution >= 4 is 12.0 Å². The van der Waals surface area contributed by atoms with Crippen LogP contribution < -0.4 is 10.1 Å². The largest absolute Gasteiger partial charge is 0.497 e. The van der Waals surface area contributed by atoms with E-state index in [1.807, 2.05) is 24.3 Å². The van der Waals surface area contributed by atoms with Gasteiger partial charge in [-0.25, -0.2) is 9.59 Å². The molecule has 1 aromatic rings. The van der Waals surface area contributed by atoms with E-state index in [9.17, 15) is 9.59 Å². The van der Waals surface area contributed by atoms with Crippen LogP contribution in [0, 0.1) is 0 Å². The van der Waals surface area contributed by atoms with Gasteiger partial charge in [0.05, 0.1) is 7.11 Å². The fourth-order valence-corrected chi connectivity index (χ4v) is 2.51. The molecule has 1 fully saturated rings. The van der Waals surface area contributed by atoms with E-state index in [4.69, 9.17) is 9.84 Å². The normalized spacial score (nSPS) is 17.6. The number of carboxylic acids is 1. The first-order chi connectivity index (χ1) is 10.1. The molecule has 1 unspecified atom stereocenters. The van der Waals surface area contributed by atoms with Crippen molar-refractivity contribution in [2.45, 2.75) is 25.3 Å². The molecule has 21 heavy (non-hydrogen) atoms. The lowest BCUT2D eigenvalue weighted by atomic mass is 10.1. The Labute approximate surface area is 123 Å². The maximum Gasteiger partial charge on any atom is 0.326 e. The number of aliphatic carboxylic acids is 1. The Balaban J connectivity index is 1.82. The molecule has 0 radical (unpaired) electrons. The number of ether oxygens (including phenoxy) is 1. The highest BCUT2D eigenvalue weighted by atomic mass is 16.5. The van der Waals surface area contributed by atoms with Gasteiger partial charge in [-0.15, -0.1) is 0 Å². The summed E-state index contributed by atoms with van der Waals surface area (Å²) in [6.45, 7) is 0.969. The summed E-state index contributed by atoms with van der Waals surface area (Å²) in [4.78, 5) is 24.4. The molecule has 1 heterocycles. The molecule has 6 nitrogen and oxygen atoms in total. The third kappa shape index (κ3) is 3.87. The number of urea groups is 1. The van der Waals surface area contributed by atoms with Crippen LogP contribution in [0.5, 0.6) is 5.75 Å². The van der Waals surface area contributed by atoms with E-state index in [2.05, 4.69) is 5.32 Å². The maximum atomic E-state index is 12.0. The number of methoxy groups -OCH3 is 1. The third-order valence-corrected chi connectivity index (χ3v) is 3.62. The van der Waals surface area contributed by atoms with E-state index in [0.717, 1.165) is 17.7 Å². The summed E-state index contributed by atoms with van der Waals surface area (Å²) >= 11 is 0. The van der Waals surface area contributed by atoms with Crippen molar-refractivity contribution in [1.29, 1.82) is 0 Å². The van der Waals surface area contributed by atoms with Crippen molar-refractivity contribution in [3.63, 3.8) is 0 Å². The van der Waals surface area contributed by atoms with Gasteiger partial charge in [0.1, 0.15) is 11.8 Å². The van der Waals surface area contributed by atoms with Gasteiger partial charge in [0.15, 0.2) is 0 Å². The Morgan fingerprint density at radius 3 is 3.00 bits per heavy atom. The predicted molar refractivity (Wildman–Crippen MR) is 77.5 cm³/mol. The topological polar surface area (TPSA) is 78.9 Å². The zero-order chi connectivity index (χ0) is 15.2. The molecular formula is C15H20N2O4. The average molecular weight is 292 g/mol. The monoisotopic (exact) mass is 292 g/mol. The first kappa shape index (κ1) is 15.2. The van der Waals surface area contributed by atoms with Crippen LogP contribution in [-0.4, -0.2) is 48.2 Å². The van der Waals surface area contributed by atoms with Gasteiger partial charge in [0.2, 0.25) is 0 Å². The van der Waals surface area contributed by atoms with Crippen LogP contribution in [0.4, 0.5) is 4.79 Å². The second-order valence-corrected chi connectivity index (χ2v) is 5.02. The molecule has 2 rings (SSSR count). The summed E-state index contributed by atoms with van der Waals surface area (Å²) < 4.78 is 5.14. The molecule has 0 saturated carbocycles. The first-order valence-electron chi connectivity index (χ1n) is 7.02. The lowest BCUT2D eigenvalue weighted by Gasteiger charge is -2.21. The fraction of sp³-hybridized carbons (Fsp3) is 0.467. The van der Waals surface area contributed by atoms with E-state index in [1.54, 1.807) is 7.11 Å². The van der Waals surface area contributed by atoms with Gasteiger partial charge < -0.3 is 20.1 Å². The second kappa shape index (κ2) is 6.97. The molecule has 0 aromatic heterocycles. The minimum absolute atomic E-state index is 0.303. The standard InChI is InChI=1S/C15H20N2O4/c1-21-12-5-2-4-11(10-12)7-8-16-15(20)17-9-3-6-13(17)14(18)19/h2,4-5,10,13H,3,6-9H2,1H3,(H,16,20)(H,18,19). The number of rotatable bonds is 5. The van der Waals surface area contributed by atoms with Crippen LogP contribution in [-0.2, 0) is 11.2 Å². The SMILES string of the molecule is COc1cccc(CCNC(=O)N2CCCC2C(=O)O)c1. The Bertz CT molecular complexity index is 518. The van der Waals surface area contributed by atoms with Crippen LogP contribution in [0.2, 0.25) is 0 Å². The van der Waals surface area contributed by atoms with Crippen LogP contribution in [0.1, 0.15) is 18.4 Å². The molecule has 2 amide bonds. The van der Waals surface area contributed by atoms with E-state index in [-0.39, 0.29) is 6.03 Å². The van der Waals surface area contributed by atoms with Gasteiger partial charge in [-0.05, 0) is 37.0 Å². The summed E-state index contributed by atoms with van der Waals surface area (Å²) in [6, 6.07) is 6.65. The van der Waals surface area contributed by atoms with Gasteiger partial charge in [-0.2, -0.15) is 0 Å². The highest BCUT2D eigenvalue weighted by molar-refractivity contribution is 5.83. The molecule has 1 aliphatic rings. The number of benzene rings is 1. The number of amides is 2. The molecule has 6 heteroatoms. The molecule has 1 saturated heterocycles. The smallest absolute Gasteiger partial charge is 0.326 e. The lowest BCUT2D eigenvalue weighted by Crippen LogP contribution is -2.46. The zero-order valence-corrected chi connectivity index (χ0v) is 12.0. The molecule has 0 aliphatic carbocycles.